The van der Waals surface area contributed by atoms with E-state index in [1.165, 1.54) is 18.4 Å². The first kappa shape index (κ1) is 16.5. The van der Waals surface area contributed by atoms with Crippen molar-refractivity contribution in [3.05, 3.63) is 38.7 Å². The molecule has 118 valence electrons. The van der Waals surface area contributed by atoms with Gasteiger partial charge in [-0.2, -0.15) is 0 Å². The monoisotopic (exact) mass is 321 g/mol. The second-order valence-electron chi connectivity index (χ2n) is 4.93. The van der Waals surface area contributed by atoms with Gasteiger partial charge in [-0.15, -0.1) is 11.3 Å². The molecule has 0 saturated heterocycles. The maximum Gasteiger partial charge on any atom is 0.340 e. The minimum Gasteiger partial charge on any atom is -0.465 e. The van der Waals surface area contributed by atoms with Crippen molar-refractivity contribution in [1.82, 2.24) is 4.90 Å². The summed E-state index contributed by atoms with van der Waals surface area (Å²) in [4.78, 5) is 27.3. The molecule has 1 aliphatic heterocycles. The van der Waals surface area contributed by atoms with Gasteiger partial charge in [0.15, 0.2) is 0 Å². The van der Waals surface area contributed by atoms with Crippen molar-refractivity contribution >= 4 is 29.3 Å². The molecule has 1 aromatic heterocycles. The number of carbonyl (C=O) groups excluding carboxylic acids is 2. The first-order chi connectivity index (χ1) is 10.5. The molecule has 0 bridgehead atoms. The molecular weight excluding hydrogens is 302 g/mol. The summed E-state index contributed by atoms with van der Waals surface area (Å²) in [5, 5.41) is 1.96. The molecule has 0 unspecified atom stereocenters. The van der Waals surface area contributed by atoms with Crippen molar-refractivity contribution in [2.24, 2.45) is 0 Å². The zero-order chi connectivity index (χ0) is 16.3. The van der Waals surface area contributed by atoms with Gasteiger partial charge in [0.05, 0.1) is 24.9 Å². The molecular formula is C16H19NO4S. The number of hydrogen-bond donors (Lipinski definition) is 0. The Hall–Kier alpha value is -1.92. The van der Waals surface area contributed by atoms with Crippen LogP contribution in [0.3, 0.4) is 0 Å². The number of esters is 1. The van der Waals surface area contributed by atoms with Crippen molar-refractivity contribution < 1.29 is 19.1 Å². The van der Waals surface area contributed by atoms with Gasteiger partial charge in [-0.3, -0.25) is 4.79 Å². The summed E-state index contributed by atoms with van der Waals surface area (Å²) in [6.07, 6.45) is 1.77. The number of aryl methyl sites for hydroxylation is 1. The molecule has 22 heavy (non-hydrogen) atoms. The van der Waals surface area contributed by atoms with Gasteiger partial charge in [-0.1, -0.05) is 0 Å². The lowest BCUT2D eigenvalue weighted by Crippen LogP contribution is -2.28. The summed E-state index contributed by atoms with van der Waals surface area (Å²) in [6, 6.07) is 1.98. The van der Waals surface area contributed by atoms with Crippen molar-refractivity contribution in [2.45, 2.75) is 13.8 Å². The van der Waals surface area contributed by atoms with Gasteiger partial charge in [0.2, 0.25) is 0 Å². The van der Waals surface area contributed by atoms with Crippen LogP contribution in [0.4, 0.5) is 0 Å². The van der Waals surface area contributed by atoms with Crippen LogP contribution in [0, 0.1) is 6.92 Å². The largest absolute Gasteiger partial charge is 0.465 e. The maximum absolute atomic E-state index is 12.6. The molecule has 6 heteroatoms. The van der Waals surface area contributed by atoms with Crippen LogP contribution in [-0.4, -0.2) is 44.1 Å². The van der Waals surface area contributed by atoms with E-state index in [2.05, 4.69) is 0 Å². The predicted molar refractivity (Wildman–Crippen MR) is 85.3 cm³/mol. The van der Waals surface area contributed by atoms with Crippen LogP contribution in [-0.2, 0) is 19.1 Å². The van der Waals surface area contributed by atoms with Crippen molar-refractivity contribution in [2.75, 3.05) is 27.4 Å². The fourth-order valence-electron chi connectivity index (χ4n) is 2.34. The van der Waals surface area contributed by atoms with E-state index in [0.29, 0.717) is 30.0 Å². The summed E-state index contributed by atoms with van der Waals surface area (Å²) < 4.78 is 9.87. The lowest BCUT2D eigenvalue weighted by atomic mass is 10.1. The SMILES string of the molecule is COCCN1C(=O)C(=Cc2sccc2C)C(C(=O)OC)=C1C. The summed E-state index contributed by atoms with van der Waals surface area (Å²) in [5.74, 6) is -0.686. The van der Waals surface area contributed by atoms with Crippen LogP contribution in [0.15, 0.2) is 28.3 Å². The van der Waals surface area contributed by atoms with E-state index < -0.39 is 5.97 Å². The standard InChI is InChI=1S/C16H19NO4S/c1-10-5-8-22-13(10)9-12-14(16(19)21-4)11(2)17(15(12)18)6-7-20-3/h5,8-9H,6-7H2,1-4H3. The summed E-state index contributed by atoms with van der Waals surface area (Å²) >= 11 is 1.53. The van der Waals surface area contributed by atoms with Gasteiger partial charge in [0.1, 0.15) is 0 Å². The number of rotatable bonds is 5. The van der Waals surface area contributed by atoms with Gasteiger partial charge in [-0.05, 0) is 36.9 Å². The number of amides is 1. The van der Waals surface area contributed by atoms with E-state index in [-0.39, 0.29) is 5.91 Å². The topological polar surface area (TPSA) is 55.8 Å². The molecule has 0 aliphatic carbocycles. The average molecular weight is 321 g/mol. The van der Waals surface area contributed by atoms with Crippen LogP contribution in [0.2, 0.25) is 0 Å². The normalized spacial score (nSPS) is 16.8. The number of nitrogens with zero attached hydrogens (tertiary/aromatic N) is 1. The quantitative estimate of drug-likeness (QED) is 0.617. The average Bonchev–Trinajstić information content (AvgIpc) is 3.00. The molecule has 1 amide bonds. The molecule has 0 spiro atoms. The van der Waals surface area contributed by atoms with Crippen LogP contribution in [0.1, 0.15) is 17.4 Å². The van der Waals surface area contributed by atoms with E-state index in [1.807, 2.05) is 18.4 Å². The summed E-state index contributed by atoms with van der Waals surface area (Å²) in [7, 11) is 2.89. The summed E-state index contributed by atoms with van der Waals surface area (Å²) in [6.45, 7) is 4.53. The van der Waals surface area contributed by atoms with Gasteiger partial charge in [-0.25, -0.2) is 4.79 Å². The Labute approximate surface area is 133 Å². The van der Waals surface area contributed by atoms with Crippen molar-refractivity contribution in [3.63, 3.8) is 0 Å². The smallest absolute Gasteiger partial charge is 0.340 e. The zero-order valence-electron chi connectivity index (χ0n) is 13.1. The van der Waals surface area contributed by atoms with Gasteiger partial charge in [0, 0.05) is 24.2 Å². The molecule has 0 atom stereocenters. The number of hydrogen-bond acceptors (Lipinski definition) is 5. The van der Waals surface area contributed by atoms with Gasteiger partial charge in [0.25, 0.3) is 5.91 Å². The number of carbonyl (C=O) groups is 2. The molecule has 2 rings (SSSR count). The first-order valence-corrected chi connectivity index (χ1v) is 7.75. The van der Waals surface area contributed by atoms with E-state index in [0.717, 1.165) is 10.4 Å². The maximum atomic E-state index is 12.6. The van der Waals surface area contributed by atoms with Gasteiger partial charge >= 0.3 is 5.97 Å². The molecule has 0 saturated carbocycles. The second-order valence-corrected chi connectivity index (χ2v) is 5.88. The third kappa shape index (κ3) is 2.98. The third-order valence-electron chi connectivity index (χ3n) is 3.60. The molecule has 2 heterocycles. The Bertz CT molecular complexity index is 657. The lowest BCUT2D eigenvalue weighted by Gasteiger charge is -2.16. The van der Waals surface area contributed by atoms with Crippen LogP contribution in [0.25, 0.3) is 6.08 Å². The third-order valence-corrected chi connectivity index (χ3v) is 4.56. The predicted octanol–water partition coefficient (Wildman–Crippen LogP) is 2.38. The molecule has 1 aliphatic rings. The molecule has 0 fully saturated rings. The lowest BCUT2D eigenvalue weighted by molar-refractivity contribution is -0.136. The molecule has 1 aromatic rings. The molecule has 0 N–H and O–H groups in total. The second kappa shape index (κ2) is 6.89. The Kier molecular flexibility index (Phi) is 5.15. The van der Waals surface area contributed by atoms with E-state index in [1.54, 1.807) is 25.0 Å². The van der Waals surface area contributed by atoms with E-state index >= 15 is 0 Å². The minimum atomic E-state index is -0.494. The molecule has 5 nitrogen and oxygen atoms in total. The van der Waals surface area contributed by atoms with E-state index in [4.69, 9.17) is 9.47 Å². The highest BCUT2D eigenvalue weighted by atomic mass is 32.1. The Morgan fingerprint density at radius 3 is 2.64 bits per heavy atom. The van der Waals surface area contributed by atoms with Crippen molar-refractivity contribution in [1.29, 1.82) is 0 Å². The van der Waals surface area contributed by atoms with E-state index in [9.17, 15) is 9.59 Å². The fraction of sp³-hybridized carbons (Fsp3) is 0.375. The fourth-order valence-corrected chi connectivity index (χ4v) is 3.20. The Morgan fingerprint density at radius 1 is 1.36 bits per heavy atom. The Morgan fingerprint density at radius 2 is 2.09 bits per heavy atom. The minimum absolute atomic E-state index is 0.192. The highest BCUT2D eigenvalue weighted by Crippen LogP contribution is 2.32. The van der Waals surface area contributed by atoms with Gasteiger partial charge < -0.3 is 14.4 Å². The van der Waals surface area contributed by atoms with Crippen molar-refractivity contribution in [3.8, 4) is 0 Å². The number of allylic oxidation sites excluding steroid dienone is 1. The zero-order valence-corrected chi connectivity index (χ0v) is 14.0. The van der Waals surface area contributed by atoms with Crippen LogP contribution in [0.5, 0.6) is 0 Å². The first-order valence-electron chi connectivity index (χ1n) is 6.87. The highest BCUT2D eigenvalue weighted by molar-refractivity contribution is 7.11. The highest BCUT2D eigenvalue weighted by Gasteiger charge is 2.36. The number of thiophene rings is 1. The number of ether oxygens (including phenoxy) is 2. The summed E-state index contributed by atoms with van der Waals surface area (Å²) in [5.41, 5.74) is 2.39. The van der Waals surface area contributed by atoms with Crippen LogP contribution >= 0.6 is 11.3 Å². The Balaban J connectivity index is 2.47. The molecule has 0 radical (unpaired) electrons. The molecule has 0 aromatic carbocycles. The number of methoxy groups -OCH3 is 2. The van der Waals surface area contributed by atoms with Crippen LogP contribution < -0.4 is 0 Å².